The molecule has 0 aliphatic heterocycles. The summed E-state index contributed by atoms with van der Waals surface area (Å²) in [5, 5.41) is 2.37. The number of ether oxygens (including phenoxy) is 1. The molecule has 0 heterocycles. The minimum absolute atomic E-state index is 0.0258. The molecule has 0 atom stereocenters. The van der Waals surface area contributed by atoms with Crippen molar-refractivity contribution in [2.75, 3.05) is 32.6 Å². The molecule has 1 rings (SSSR count). The van der Waals surface area contributed by atoms with Crippen LogP contribution >= 0.6 is 0 Å². The van der Waals surface area contributed by atoms with Crippen molar-refractivity contribution in [1.29, 1.82) is 0 Å². The maximum absolute atomic E-state index is 12.2. The third-order valence-corrected chi connectivity index (χ3v) is 4.99. The first-order chi connectivity index (χ1) is 10.8. The molecule has 0 aromatic heterocycles. The van der Waals surface area contributed by atoms with E-state index in [0.717, 1.165) is 4.31 Å². The summed E-state index contributed by atoms with van der Waals surface area (Å²) in [6.45, 7) is 1.00. The number of nitrogens with one attached hydrogen (secondary N) is 1. The number of hydrogen-bond donors (Lipinski definition) is 1. The summed E-state index contributed by atoms with van der Waals surface area (Å²) in [6, 6.07) is 2.72. The van der Waals surface area contributed by atoms with E-state index in [2.05, 4.69) is 10.1 Å². The number of sulfonamides is 1. The number of anilines is 1. The van der Waals surface area contributed by atoms with Crippen LogP contribution in [-0.4, -0.2) is 52.1 Å². The highest BCUT2D eigenvalue weighted by Gasteiger charge is 2.28. The molecule has 1 aromatic rings. The lowest BCUT2D eigenvalue weighted by atomic mass is 10.1. The molecule has 6 nitrogen and oxygen atoms in total. The van der Waals surface area contributed by atoms with Crippen molar-refractivity contribution in [2.45, 2.75) is 24.9 Å². The Morgan fingerprint density at radius 3 is 2.33 bits per heavy atom. The number of amides is 1. The van der Waals surface area contributed by atoms with Crippen LogP contribution in [0.25, 0.3) is 0 Å². The Morgan fingerprint density at radius 1 is 1.25 bits per heavy atom. The molecule has 0 radical (unpaired) electrons. The average molecular weight is 368 g/mol. The van der Waals surface area contributed by atoms with Gasteiger partial charge in [-0.15, -0.1) is 0 Å². The monoisotopic (exact) mass is 368 g/mol. The molecular formula is C14H19F3N2O4S. The zero-order valence-corrected chi connectivity index (χ0v) is 14.5. The van der Waals surface area contributed by atoms with Crippen molar-refractivity contribution in [3.63, 3.8) is 0 Å². The van der Waals surface area contributed by atoms with Gasteiger partial charge >= 0.3 is 6.18 Å². The number of alkyl halides is 3. The van der Waals surface area contributed by atoms with E-state index in [1.54, 1.807) is 13.8 Å². The van der Waals surface area contributed by atoms with Crippen molar-refractivity contribution in [2.24, 2.45) is 0 Å². The summed E-state index contributed by atoms with van der Waals surface area (Å²) in [7, 11) is -0.971. The Kier molecular flexibility index (Phi) is 6.37. The summed E-state index contributed by atoms with van der Waals surface area (Å²) in [5.41, 5.74) is 1.43. The molecule has 0 fully saturated rings. The lowest BCUT2D eigenvalue weighted by Gasteiger charge is -2.16. The number of carbonyl (C=O) groups is 1. The van der Waals surface area contributed by atoms with Crippen LogP contribution in [0.5, 0.6) is 0 Å². The van der Waals surface area contributed by atoms with Crippen LogP contribution in [0.3, 0.4) is 0 Å². The van der Waals surface area contributed by atoms with Crippen molar-refractivity contribution in [1.82, 2.24) is 4.31 Å². The molecule has 24 heavy (non-hydrogen) atoms. The van der Waals surface area contributed by atoms with E-state index in [4.69, 9.17) is 0 Å². The van der Waals surface area contributed by atoms with Crippen LogP contribution in [-0.2, 0) is 19.6 Å². The van der Waals surface area contributed by atoms with Gasteiger partial charge in [0.25, 0.3) is 0 Å². The summed E-state index contributed by atoms with van der Waals surface area (Å²) >= 11 is 0. The lowest BCUT2D eigenvalue weighted by molar-refractivity contribution is -0.174. The fourth-order valence-corrected chi connectivity index (χ4v) is 2.78. The summed E-state index contributed by atoms with van der Waals surface area (Å²) < 4.78 is 65.6. The van der Waals surface area contributed by atoms with Gasteiger partial charge in [0.2, 0.25) is 15.9 Å². The molecule has 1 aromatic carbocycles. The molecule has 10 heteroatoms. The SMILES string of the molecule is Cc1cc(S(=O)(=O)N(C)C)cc(NC(=O)COCC(F)(F)F)c1C. The number of hydrogen-bond acceptors (Lipinski definition) is 4. The molecule has 0 saturated heterocycles. The highest BCUT2D eigenvalue weighted by atomic mass is 32.2. The first-order valence-electron chi connectivity index (χ1n) is 6.82. The van der Waals surface area contributed by atoms with Gasteiger partial charge in [-0.2, -0.15) is 13.2 Å². The largest absolute Gasteiger partial charge is 0.411 e. The second-order valence-corrected chi connectivity index (χ2v) is 7.51. The first-order valence-corrected chi connectivity index (χ1v) is 8.26. The molecule has 1 amide bonds. The second-order valence-electron chi connectivity index (χ2n) is 5.36. The Labute approximate surface area is 138 Å². The maximum Gasteiger partial charge on any atom is 0.411 e. The van der Waals surface area contributed by atoms with Gasteiger partial charge in [0.1, 0.15) is 13.2 Å². The van der Waals surface area contributed by atoms with E-state index in [1.807, 2.05) is 0 Å². The zero-order chi connectivity index (χ0) is 18.7. The Morgan fingerprint density at radius 2 is 1.83 bits per heavy atom. The molecule has 0 spiro atoms. The Bertz CT molecular complexity index is 715. The minimum Gasteiger partial charge on any atom is -0.362 e. The molecule has 0 saturated carbocycles. The smallest absolute Gasteiger partial charge is 0.362 e. The molecule has 0 aliphatic carbocycles. The van der Waals surface area contributed by atoms with E-state index in [0.29, 0.717) is 11.1 Å². The molecule has 136 valence electrons. The second kappa shape index (κ2) is 7.49. The lowest BCUT2D eigenvalue weighted by Crippen LogP contribution is -2.25. The van der Waals surface area contributed by atoms with Crippen LogP contribution in [0, 0.1) is 13.8 Å². The summed E-state index contributed by atoms with van der Waals surface area (Å²) in [4.78, 5) is 11.7. The van der Waals surface area contributed by atoms with Crippen molar-refractivity contribution < 1.29 is 31.1 Å². The van der Waals surface area contributed by atoms with Gasteiger partial charge in [0, 0.05) is 19.8 Å². The van der Waals surface area contributed by atoms with Crippen molar-refractivity contribution in [3.05, 3.63) is 23.3 Å². The number of carbonyl (C=O) groups excluding carboxylic acids is 1. The predicted molar refractivity (Wildman–Crippen MR) is 82.3 cm³/mol. The van der Waals surface area contributed by atoms with Crippen LogP contribution in [0.15, 0.2) is 17.0 Å². The highest BCUT2D eigenvalue weighted by molar-refractivity contribution is 7.89. The number of aryl methyl sites for hydroxylation is 1. The normalized spacial score (nSPS) is 12.5. The van der Waals surface area contributed by atoms with Gasteiger partial charge in [-0.3, -0.25) is 4.79 Å². The van der Waals surface area contributed by atoms with Crippen LogP contribution in [0.4, 0.5) is 18.9 Å². The van der Waals surface area contributed by atoms with Gasteiger partial charge in [-0.25, -0.2) is 12.7 Å². The van der Waals surface area contributed by atoms with Crippen molar-refractivity contribution >= 4 is 21.6 Å². The third kappa shape index (κ3) is 5.46. The van der Waals surface area contributed by atoms with Crippen LogP contribution in [0.1, 0.15) is 11.1 Å². The topological polar surface area (TPSA) is 75.7 Å². The van der Waals surface area contributed by atoms with Gasteiger partial charge in [0.15, 0.2) is 0 Å². The van der Waals surface area contributed by atoms with Crippen LogP contribution in [0.2, 0.25) is 0 Å². The zero-order valence-electron chi connectivity index (χ0n) is 13.7. The fourth-order valence-electron chi connectivity index (χ4n) is 1.76. The summed E-state index contributed by atoms with van der Waals surface area (Å²) in [6.07, 6.45) is -4.52. The molecule has 0 unspecified atom stereocenters. The van der Waals surface area contributed by atoms with Crippen LogP contribution < -0.4 is 5.32 Å². The molecule has 0 aliphatic rings. The standard InChI is InChI=1S/C14H19F3N2O4S/c1-9-5-11(24(21,22)19(3)4)6-12(10(9)2)18-13(20)7-23-8-14(15,16)17/h5-6H,7-8H2,1-4H3,(H,18,20). The van der Waals surface area contributed by atoms with Gasteiger partial charge < -0.3 is 10.1 Å². The maximum atomic E-state index is 12.2. The number of halogens is 3. The Hall–Kier alpha value is -1.65. The number of nitrogens with zero attached hydrogens (tertiary/aromatic N) is 1. The molecule has 0 bridgehead atoms. The van der Waals surface area contributed by atoms with E-state index < -0.39 is 35.3 Å². The van der Waals surface area contributed by atoms with Gasteiger partial charge in [-0.1, -0.05) is 0 Å². The van der Waals surface area contributed by atoms with E-state index in [-0.39, 0.29) is 10.6 Å². The van der Waals surface area contributed by atoms with Crippen molar-refractivity contribution in [3.8, 4) is 0 Å². The quantitative estimate of drug-likeness (QED) is 0.834. The minimum atomic E-state index is -4.52. The number of benzene rings is 1. The van der Waals surface area contributed by atoms with E-state index in [9.17, 15) is 26.4 Å². The van der Waals surface area contributed by atoms with E-state index in [1.165, 1.54) is 26.2 Å². The van der Waals surface area contributed by atoms with Gasteiger partial charge in [0.05, 0.1) is 4.90 Å². The summed E-state index contributed by atoms with van der Waals surface area (Å²) in [5.74, 6) is -0.804. The predicted octanol–water partition coefficient (Wildman–Crippen LogP) is 2.07. The molecular weight excluding hydrogens is 349 g/mol. The van der Waals surface area contributed by atoms with E-state index >= 15 is 0 Å². The Balaban J connectivity index is 2.96. The highest BCUT2D eigenvalue weighted by Crippen LogP contribution is 2.25. The third-order valence-electron chi connectivity index (χ3n) is 3.19. The molecule has 1 N–H and O–H groups in total. The van der Waals surface area contributed by atoms with Gasteiger partial charge in [-0.05, 0) is 37.1 Å². The number of rotatable bonds is 6. The fraction of sp³-hybridized carbons (Fsp3) is 0.500. The average Bonchev–Trinajstić information content (AvgIpc) is 2.41. The first kappa shape index (κ1) is 20.4.